The molecular formula is C43H34BF20N. The molecule has 0 fully saturated rings. The summed E-state index contributed by atoms with van der Waals surface area (Å²) in [5, 5.41) is 0. The molecule has 1 N–H and O–H groups in total. The summed E-state index contributed by atoms with van der Waals surface area (Å²) >= 11 is 0. The zero-order valence-electron chi connectivity index (χ0n) is 34.2. The normalized spacial score (nSPS) is 11.8. The maximum absolute atomic E-state index is 15.4. The molecule has 5 aromatic carbocycles. The number of benzene rings is 5. The lowest BCUT2D eigenvalue weighted by molar-refractivity contribution is -0.910. The highest BCUT2D eigenvalue weighted by atomic mass is 19.2. The Labute approximate surface area is 357 Å². The molecule has 0 spiro atoms. The third kappa shape index (κ3) is 9.15. The molecule has 22 heteroatoms. The summed E-state index contributed by atoms with van der Waals surface area (Å²) < 4.78 is 294. The smallest absolute Gasteiger partial charge is 0.200 e. The SMILES string of the molecule is CCCCc1ccc(C[NH+](CC)CC)c(CCCC)c1.Fc1c(F)c(F)c([B-](c2c(F)c(F)c(F)c(F)c2F)(c2c(F)c(F)c(F)c(F)c2F)c2c(F)c(F)c(F)c(F)c2F)c(F)c1F. The molecule has 5 rings (SSSR count). The Bertz CT molecular complexity index is 2210. The van der Waals surface area contributed by atoms with Gasteiger partial charge in [0.25, 0.3) is 0 Å². The van der Waals surface area contributed by atoms with E-state index in [0.29, 0.717) is 0 Å². The van der Waals surface area contributed by atoms with Crippen LogP contribution in [0.25, 0.3) is 0 Å². The van der Waals surface area contributed by atoms with Crippen molar-refractivity contribution in [3.63, 3.8) is 0 Å². The Balaban J connectivity index is 0.000000387. The van der Waals surface area contributed by atoms with Crippen molar-refractivity contribution in [1.29, 1.82) is 0 Å². The lowest BCUT2D eigenvalue weighted by Gasteiger charge is -2.44. The largest absolute Gasteiger partial charge is 0.332 e. The van der Waals surface area contributed by atoms with Gasteiger partial charge in [0.2, 0.25) is 0 Å². The topological polar surface area (TPSA) is 4.44 Å². The summed E-state index contributed by atoms with van der Waals surface area (Å²) in [6, 6.07) is 7.26. The summed E-state index contributed by atoms with van der Waals surface area (Å²) in [4.78, 5) is 1.68. The second-order valence-corrected chi connectivity index (χ2v) is 14.7. The molecule has 0 aliphatic heterocycles. The van der Waals surface area contributed by atoms with Gasteiger partial charge in [0.05, 0.1) is 13.1 Å². The standard InChI is InChI=1S/C24BF20.C19H33N/c26-5-1(6(27)14(35)21(42)13(5)34)25(2-7(28)15(36)22(43)16(37)8(2)29,3-9(30)17(38)23(44)18(39)10(3)31)4-11(32)19(40)24(45)20(41)12(4)33;1-5-9-11-17-13-14-19(16-20(7-3)8-4)18(15-17)12-10-6-2/h;13-15H,5-12,16H2,1-4H3/q-1;/p+1. The highest BCUT2D eigenvalue weighted by Gasteiger charge is 2.52. The molecule has 0 aliphatic carbocycles. The number of unbranched alkanes of at least 4 members (excludes halogenated alkanes) is 2. The van der Waals surface area contributed by atoms with Crippen LogP contribution in [0.3, 0.4) is 0 Å². The molecule has 65 heavy (non-hydrogen) atoms. The van der Waals surface area contributed by atoms with Crippen LogP contribution in [-0.2, 0) is 19.4 Å². The minimum Gasteiger partial charge on any atom is -0.332 e. The Morgan fingerprint density at radius 3 is 0.862 bits per heavy atom. The summed E-state index contributed by atoms with van der Waals surface area (Å²) in [6.45, 7) is 12.8. The number of hydrogen-bond acceptors (Lipinski definition) is 0. The second-order valence-electron chi connectivity index (χ2n) is 14.7. The molecule has 0 bridgehead atoms. The van der Waals surface area contributed by atoms with Crippen LogP contribution < -0.4 is 26.8 Å². The molecule has 0 aromatic heterocycles. The van der Waals surface area contributed by atoms with E-state index < -0.39 is 144 Å². The van der Waals surface area contributed by atoms with E-state index in [4.69, 9.17) is 0 Å². The van der Waals surface area contributed by atoms with E-state index in [0.717, 1.165) is 0 Å². The van der Waals surface area contributed by atoms with Crippen molar-refractivity contribution < 1.29 is 92.7 Å². The highest BCUT2D eigenvalue weighted by molar-refractivity contribution is 7.20. The Morgan fingerprint density at radius 1 is 0.338 bits per heavy atom. The zero-order valence-corrected chi connectivity index (χ0v) is 34.2. The fourth-order valence-electron chi connectivity index (χ4n) is 7.63. The van der Waals surface area contributed by atoms with Gasteiger partial charge in [-0.3, -0.25) is 0 Å². The number of quaternary nitrogens is 1. The van der Waals surface area contributed by atoms with Gasteiger partial charge in [-0.2, -0.15) is 0 Å². The molecule has 0 unspecified atom stereocenters. The first-order valence-corrected chi connectivity index (χ1v) is 19.6. The maximum Gasteiger partial charge on any atom is 0.200 e. The van der Waals surface area contributed by atoms with Crippen molar-refractivity contribution in [2.45, 2.75) is 72.8 Å². The summed E-state index contributed by atoms with van der Waals surface area (Å²) in [5.74, 6) is -71.4. The van der Waals surface area contributed by atoms with Crippen LogP contribution in [0.1, 0.15) is 70.1 Å². The van der Waals surface area contributed by atoms with E-state index in [-0.39, 0.29) is 0 Å². The van der Waals surface area contributed by atoms with Gasteiger partial charge < -0.3 is 4.90 Å². The van der Waals surface area contributed by atoms with Crippen LogP contribution in [0.2, 0.25) is 0 Å². The Hall–Kier alpha value is -5.28. The lowest BCUT2D eigenvalue weighted by atomic mass is 9.12. The molecular weight excluding hydrogens is 921 g/mol. The number of halogens is 20. The fraction of sp³-hybridized carbons (Fsp3) is 0.302. The van der Waals surface area contributed by atoms with Gasteiger partial charge in [-0.25, -0.2) is 87.8 Å². The third-order valence-electron chi connectivity index (χ3n) is 11.0. The van der Waals surface area contributed by atoms with E-state index in [2.05, 4.69) is 45.9 Å². The quantitative estimate of drug-likeness (QED) is 0.0490. The maximum atomic E-state index is 15.4. The molecule has 5 aromatic rings. The fourth-order valence-corrected chi connectivity index (χ4v) is 7.63. The van der Waals surface area contributed by atoms with Gasteiger partial charge in [-0.15, -0.1) is 21.9 Å². The first-order valence-electron chi connectivity index (χ1n) is 19.6. The number of hydrogen-bond donors (Lipinski definition) is 1. The third-order valence-corrected chi connectivity index (χ3v) is 11.0. The van der Waals surface area contributed by atoms with Crippen LogP contribution in [-0.4, -0.2) is 19.2 Å². The van der Waals surface area contributed by atoms with Gasteiger partial charge in [-0.1, -0.05) is 44.9 Å². The Kier molecular flexibility index (Phi) is 16.8. The van der Waals surface area contributed by atoms with Gasteiger partial charge in [0, 0.05) is 5.56 Å². The van der Waals surface area contributed by atoms with Crippen LogP contribution in [0.4, 0.5) is 87.8 Å². The van der Waals surface area contributed by atoms with Gasteiger partial charge in [-0.05, 0) is 50.7 Å². The lowest BCUT2D eigenvalue weighted by Crippen LogP contribution is -3.10. The molecule has 0 saturated heterocycles. The predicted octanol–water partition coefficient (Wildman–Crippen LogP) is 9.64. The molecule has 0 saturated carbocycles. The van der Waals surface area contributed by atoms with E-state index in [1.165, 1.54) is 63.7 Å². The molecule has 0 radical (unpaired) electrons. The molecule has 0 aliphatic rings. The van der Waals surface area contributed by atoms with E-state index in [1.54, 1.807) is 16.0 Å². The summed E-state index contributed by atoms with van der Waals surface area (Å²) in [5.41, 5.74) is -9.60. The number of aryl methyl sites for hydroxylation is 2. The average molecular weight is 956 g/mol. The van der Waals surface area contributed by atoms with Crippen LogP contribution in [0.15, 0.2) is 18.2 Å². The average Bonchev–Trinajstić information content (AvgIpc) is 3.29. The molecule has 1 nitrogen and oxygen atoms in total. The highest BCUT2D eigenvalue weighted by Crippen LogP contribution is 2.31. The van der Waals surface area contributed by atoms with Gasteiger partial charge in [0.15, 0.2) is 69.8 Å². The van der Waals surface area contributed by atoms with Crippen molar-refractivity contribution in [3.05, 3.63) is 151 Å². The minimum absolute atomic E-state index is 1.19. The summed E-state index contributed by atoms with van der Waals surface area (Å²) in [6.07, 6.45) is 0.490. The van der Waals surface area contributed by atoms with Gasteiger partial charge >= 0.3 is 0 Å². The number of nitrogens with one attached hydrogen (secondary N) is 1. The predicted molar refractivity (Wildman–Crippen MR) is 199 cm³/mol. The molecule has 0 atom stereocenters. The zero-order chi connectivity index (χ0) is 49.2. The molecule has 0 amide bonds. The van der Waals surface area contributed by atoms with E-state index >= 15 is 35.1 Å². The van der Waals surface area contributed by atoms with Crippen molar-refractivity contribution in [1.82, 2.24) is 0 Å². The molecule has 0 heterocycles. The van der Waals surface area contributed by atoms with Crippen molar-refractivity contribution in [2.24, 2.45) is 0 Å². The first-order chi connectivity index (χ1) is 30.4. The summed E-state index contributed by atoms with van der Waals surface area (Å²) in [7, 11) is 0. The second kappa shape index (κ2) is 20.9. The minimum atomic E-state index is -7.22. The first kappa shape index (κ1) is 52.4. The van der Waals surface area contributed by atoms with Crippen LogP contribution >= 0.6 is 0 Å². The van der Waals surface area contributed by atoms with Crippen molar-refractivity contribution >= 4 is 28.0 Å². The van der Waals surface area contributed by atoms with Crippen LogP contribution in [0, 0.1) is 116 Å². The van der Waals surface area contributed by atoms with Crippen molar-refractivity contribution in [2.75, 3.05) is 13.1 Å². The van der Waals surface area contributed by atoms with Gasteiger partial charge in [0.1, 0.15) is 59.2 Å². The van der Waals surface area contributed by atoms with E-state index in [1.807, 2.05) is 0 Å². The Morgan fingerprint density at radius 2 is 0.600 bits per heavy atom. The number of rotatable bonds is 14. The van der Waals surface area contributed by atoms with Crippen molar-refractivity contribution in [3.8, 4) is 0 Å². The molecule has 354 valence electrons. The van der Waals surface area contributed by atoms with E-state index in [9.17, 15) is 52.7 Å². The monoisotopic (exact) mass is 955 g/mol. The van der Waals surface area contributed by atoms with Crippen LogP contribution in [0.5, 0.6) is 0 Å².